The summed E-state index contributed by atoms with van der Waals surface area (Å²) in [7, 11) is 2.03. The number of fused-ring (bicyclic) bond motifs is 1. The molecule has 0 amide bonds. The molecule has 0 saturated heterocycles. The normalized spacial score (nSPS) is 11.1. The topological polar surface area (TPSA) is 38.4 Å². The molecule has 158 valence electrons. The van der Waals surface area contributed by atoms with E-state index in [0.29, 0.717) is 11.1 Å². The van der Waals surface area contributed by atoms with E-state index < -0.39 is 0 Å². The molecule has 0 aliphatic heterocycles. The summed E-state index contributed by atoms with van der Waals surface area (Å²) in [5.74, 6) is 0. The molecule has 0 radical (unpaired) electrons. The van der Waals surface area contributed by atoms with Gasteiger partial charge in [0.25, 0.3) is 0 Å². The minimum absolute atomic E-state index is 0.323. The Morgan fingerprint density at radius 3 is 2.42 bits per heavy atom. The fourth-order valence-electron chi connectivity index (χ4n) is 4.16. The molecule has 31 heavy (non-hydrogen) atoms. The summed E-state index contributed by atoms with van der Waals surface area (Å²) in [6, 6.07) is 20.2. The first kappa shape index (κ1) is 20.7. The van der Waals surface area contributed by atoms with Crippen LogP contribution in [0.2, 0.25) is 0 Å². The van der Waals surface area contributed by atoms with Gasteiger partial charge in [0, 0.05) is 48.7 Å². The van der Waals surface area contributed by atoms with Crippen molar-refractivity contribution < 1.29 is 4.42 Å². The lowest BCUT2D eigenvalue weighted by Crippen LogP contribution is -2.21. The largest absolute Gasteiger partial charge is 0.422 e. The maximum atomic E-state index is 12.9. The number of rotatable bonds is 6. The highest BCUT2D eigenvalue weighted by Crippen LogP contribution is 2.30. The zero-order valence-corrected chi connectivity index (χ0v) is 18.6. The third-order valence-electron chi connectivity index (χ3n) is 5.88. The first-order valence-corrected chi connectivity index (χ1v) is 10.7. The van der Waals surface area contributed by atoms with Crippen LogP contribution in [0.3, 0.4) is 0 Å². The van der Waals surface area contributed by atoms with Gasteiger partial charge in [-0.05, 0) is 73.9 Å². The number of allylic oxidation sites excluding steroid dienone is 1. The summed E-state index contributed by atoms with van der Waals surface area (Å²) >= 11 is 0. The number of nitrogens with zero attached hydrogens (tertiary/aromatic N) is 2. The molecule has 0 aliphatic carbocycles. The van der Waals surface area contributed by atoms with Crippen LogP contribution in [0.5, 0.6) is 0 Å². The molecule has 4 rings (SSSR count). The Morgan fingerprint density at radius 1 is 1.00 bits per heavy atom. The molecule has 0 unspecified atom stereocenters. The molecule has 0 atom stereocenters. The van der Waals surface area contributed by atoms with Crippen LogP contribution in [0.4, 0.5) is 5.69 Å². The highest BCUT2D eigenvalue weighted by Gasteiger charge is 2.13. The van der Waals surface area contributed by atoms with Crippen LogP contribution in [-0.4, -0.2) is 17.7 Å². The second-order valence-electron chi connectivity index (χ2n) is 7.87. The quantitative estimate of drug-likeness (QED) is 0.347. The van der Waals surface area contributed by atoms with Crippen molar-refractivity contribution in [3.05, 3.63) is 83.4 Å². The molecule has 4 heteroatoms. The Kier molecular flexibility index (Phi) is 5.55. The highest BCUT2D eigenvalue weighted by molar-refractivity contribution is 5.85. The average molecular weight is 413 g/mol. The molecule has 0 fully saturated rings. The van der Waals surface area contributed by atoms with Gasteiger partial charge in [-0.2, -0.15) is 0 Å². The Balaban J connectivity index is 1.78. The van der Waals surface area contributed by atoms with Gasteiger partial charge in [-0.1, -0.05) is 24.8 Å². The standard InChI is InChI=1S/C27H28N2O2/c1-6-29(7-2)22-12-11-21-16-23(27(30)31-26(21)17-22)19-9-8-10-20(15-19)25-14-13-24(18(3)4)28(25)5/h8-17H,3,6-7H2,1-2,4-5H3. The van der Waals surface area contributed by atoms with E-state index in [2.05, 4.69) is 54.2 Å². The van der Waals surface area contributed by atoms with Gasteiger partial charge < -0.3 is 13.9 Å². The number of anilines is 1. The molecular weight excluding hydrogens is 384 g/mol. The van der Waals surface area contributed by atoms with Gasteiger partial charge in [-0.3, -0.25) is 0 Å². The van der Waals surface area contributed by atoms with Gasteiger partial charge in [0.1, 0.15) is 5.58 Å². The lowest BCUT2D eigenvalue weighted by molar-refractivity contribution is 0.563. The van der Waals surface area contributed by atoms with Crippen LogP contribution in [0.1, 0.15) is 26.5 Å². The second kappa shape index (κ2) is 8.31. The molecule has 0 N–H and O–H groups in total. The minimum atomic E-state index is -0.323. The number of hydrogen-bond donors (Lipinski definition) is 0. The Hall–Kier alpha value is -3.53. The van der Waals surface area contributed by atoms with Crippen molar-refractivity contribution in [1.29, 1.82) is 0 Å². The monoisotopic (exact) mass is 412 g/mol. The van der Waals surface area contributed by atoms with Gasteiger partial charge in [0.2, 0.25) is 0 Å². The van der Waals surface area contributed by atoms with Crippen LogP contribution in [-0.2, 0) is 7.05 Å². The Morgan fingerprint density at radius 2 is 1.74 bits per heavy atom. The molecule has 2 aromatic carbocycles. The maximum absolute atomic E-state index is 12.9. The fraction of sp³-hybridized carbons (Fsp3) is 0.222. The Bertz CT molecular complexity index is 1320. The van der Waals surface area contributed by atoms with Gasteiger partial charge >= 0.3 is 5.63 Å². The molecule has 4 nitrogen and oxygen atoms in total. The van der Waals surface area contributed by atoms with Crippen molar-refractivity contribution in [3.63, 3.8) is 0 Å². The van der Waals surface area contributed by atoms with Crippen molar-refractivity contribution in [3.8, 4) is 22.4 Å². The van der Waals surface area contributed by atoms with Crippen LogP contribution in [0.15, 0.2) is 76.5 Å². The summed E-state index contributed by atoms with van der Waals surface area (Å²) in [5, 5.41) is 0.916. The van der Waals surface area contributed by atoms with E-state index in [0.717, 1.165) is 52.3 Å². The summed E-state index contributed by atoms with van der Waals surface area (Å²) in [4.78, 5) is 15.1. The number of benzene rings is 2. The van der Waals surface area contributed by atoms with Crippen molar-refractivity contribution in [2.75, 3.05) is 18.0 Å². The smallest absolute Gasteiger partial charge is 0.344 e. The summed E-state index contributed by atoms with van der Waals surface area (Å²) in [6.07, 6.45) is 0. The molecular formula is C27H28N2O2. The lowest BCUT2D eigenvalue weighted by atomic mass is 10.0. The Labute approximate surface area is 183 Å². The van der Waals surface area contributed by atoms with Crippen molar-refractivity contribution in [2.45, 2.75) is 20.8 Å². The van der Waals surface area contributed by atoms with Crippen LogP contribution in [0, 0.1) is 0 Å². The number of aromatic nitrogens is 1. The highest BCUT2D eigenvalue weighted by atomic mass is 16.4. The predicted molar refractivity (Wildman–Crippen MR) is 131 cm³/mol. The molecule has 4 aromatic rings. The fourth-order valence-corrected chi connectivity index (χ4v) is 4.16. The summed E-state index contributed by atoms with van der Waals surface area (Å²) < 4.78 is 7.86. The SMILES string of the molecule is C=C(C)c1ccc(-c2cccc(-c3cc4ccc(N(CC)CC)cc4oc3=O)c2)n1C. The van der Waals surface area contributed by atoms with Crippen molar-refractivity contribution in [1.82, 2.24) is 4.57 Å². The molecule has 2 aromatic heterocycles. The van der Waals surface area contributed by atoms with Crippen molar-refractivity contribution in [2.24, 2.45) is 7.05 Å². The lowest BCUT2D eigenvalue weighted by Gasteiger charge is -2.21. The summed E-state index contributed by atoms with van der Waals surface area (Å²) in [6.45, 7) is 12.1. The van der Waals surface area contributed by atoms with Crippen LogP contribution < -0.4 is 10.5 Å². The first-order chi connectivity index (χ1) is 14.9. The summed E-state index contributed by atoms with van der Waals surface area (Å²) in [5.41, 5.74) is 7.00. The molecule has 2 heterocycles. The van der Waals surface area contributed by atoms with E-state index in [1.807, 2.05) is 50.4 Å². The van der Waals surface area contributed by atoms with Gasteiger partial charge in [-0.25, -0.2) is 4.79 Å². The zero-order valence-electron chi connectivity index (χ0n) is 18.6. The van der Waals surface area contributed by atoms with E-state index in [1.165, 1.54) is 0 Å². The molecule has 0 bridgehead atoms. The molecule has 0 saturated carbocycles. The average Bonchev–Trinajstić information content (AvgIpc) is 3.16. The van der Waals surface area contributed by atoms with Crippen LogP contribution >= 0.6 is 0 Å². The molecule has 0 spiro atoms. The van der Waals surface area contributed by atoms with E-state index in [-0.39, 0.29) is 5.63 Å². The van der Waals surface area contributed by atoms with E-state index in [9.17, 15) is 4.79 Å². The zero-order chi connectivity index (χ0) is 22.1. The van der Waals surface area contributed by atoms with E-state index in [4.69, 9.17) is 4.42 Å². The predicted octanol–water partition coefficient (Wildman–Crippen LogP) is 6.34. The van der Waals surface area contributed by atoms with Gasteiger partial charge in [0.05, 0.1) is 5.56 Å². The van der Waals surface area contributed by atoms with E-state index >= 15 is 0 Å². The maximum Gasteiger partial charge on any atom is 0.344 e. The van der Waals surface area contributed by atoms with Crippen LogP contribution in [0.25, 0.3) is 38.9 Å². The third-order valence-corrected chi connectivity index (χ3v) is 5.88. The van der Waals surface area contributed by atoms with Gasteiger partial charge in [0.15, 0.2) is 0 Å². The minimum Gasteiger partial charge on any atom is -0.422 e. The van der Waals surface area contributed by atoms with Crippen molar-refractivity contribution >= 4 is 22.2 Å². The first-order valence-electron chi connectivity index (χ1n) is 10.7. The third kappa shape index (κ3) is 3.81. The second-order valence-corrected chi connectivity index (χ2v) is 7.87. The molecule has 0 aliphatic rings. The van der Waals surface area contributed by atoms with Gasteiger partial charge in [-0.15, -0.1) is 0 Å². The number of hydrogen-bond acceptors (Lipinski definition) is 3. The van der Waals surface area contributed by atoms with E-state index in [1.54, 1.807) is 0 Å².